The van der Waals surface area contributed by atoms with Gasteiger partial charge in [0.15, 0.2) is 5.78 Å². The molecular weight excluding hydrogens is 192 g/mol. The molecule has 1 rings (SSSR count). The lowest BCUT2D eigenvalue weighted by molar-refractivity contribution is -0.135. The van der Waals surface area contributed by atoms with Crippen molar-refractivity contribution < 1.29 is 15.0 Å². The molecule has 2 N–H and O–H groups in total. The number of carbonyl (C=O) groups excluding carboxylic acids is 1. The van der Waals surface area contributed by atoms with Crippen LogP contribution in [0.15, 0.2) is 0 Å². The van der Waals surface area contributed by atoms with Gasteiger partial charge in [0.25, 0.3) is 0 Å². The van der Waals surface area contributed by atoms with Crippen molar-refractivity contribution in [2.24, 2.45) is 0 Å². The van der Waals surface area contributed by atoms with Crippen LogP contribution in [-0.4, -0.2) is 27.2 Å². The van der Waals surface area contributed by atoms with Gasteiger partial charge in [-0.3, -0.25) is 4.79 Å². The van der Waals surface area contributed by atoms with E-state index in [1.807, 2.05) is 0 Å². The van der Waals surface area contributed by atoms with E-state index >= 15 is 0 Å². The number of rotatable bonds is 4. The summed E-state index contributed by atoms with van der Waals surface area (Å²) in [6.45, 7) is 3.00. The van der Waals surface area contributed by atoms with E-state index in [-0.39, 0.29) is 12.2 Å². The maximum atomic E-state index is 11.5. The molecule has 0 bridgehead atoms. The fraction of sp³-hybridized carbons (Fsp3) is 0.917. The predicted octanol–water partition coefficient (Wildman–Crippen LogP) is 1.80. The number of Topliss-reactive ketones (excluding diaryl/α,β-unsaturated/α-hetero) is 1. The van der Waals surface area contributed by atoms with Crippen LogP contribution in [0.1, 0.15) is 58.8 Å². The van der Waals surface area contributed by atoms with Gasteiger partial charge < -0.3 is 10.2 Å². The molecule has 3 nitrogen and oxygen atoms in total. The lowest BCUT2D eigenvalue weighted by Crippen LogP contribution is -2.36. The van der Waals surface area contributed by atoms with Crippen molar-refractivity contribution in [1.29, 1.82) is 0 Å². The normalized spacial score (nSPS) is 21.3. The zero-order chi connectivity index (χ0) is 11.5. The topological polar surface area (TPSA) is 57.5 Å². The van der Waals surface area contributed by atoms with E-state index in [9.17, 15) is 15.0 Å². The van der Waals surface area contributed by atoms with Crippen molar-refractivity contribution >= 4 is 5.78 Å². The minimum absolute atomic E-state index is 0.179. The summed E-state index contributed by atoms with van der Waals surface area (Å²) in [6.07, 6.45) is 5.65. The Balaban J connectivity index is 2.38. The van der Waals surface area contributed by atoms with Crippen LogP contribution < -0.4 is 0 Å². The average Bonchev–Trinajstić information content (AvgIpc) is 2.14. The monoisotopic (exact) mass is 214 g/mol. The van der Waals surface area contributed by atoms with Crippen molar-refractivity contribution in [1.82, 2.24) is 0 Å². The van der Waals surface area contributed by atoms with Gasteiger partial charge in [0, 0.05) is 6.42 Å². The van der Waals surface area contributed by atoms with Crippen molar-refractivity contribution in [3.8, 4) is 0 Å². The summed E-state index contributed by atoms with van der Waals surface area (Å²) in [4.78, 5) is 11.5. The maximum absolute atomic E-state index is 11.5. The molecule has 0 aromatic heterocycles. The van der Waals surface area contributed by atoms with Crippen LogP contribution >= 0.6 is 0 Å². The highest BCUT2D eigenvalue weighted by atomic mass is 16.3. The largest absolute Gasteiger partial charge is 0.390 e. The minimum Gasteiger partial charge on any atom is -0.390 e. The molecule has 0 amide bonds. The maximum Gasteiger partial charge on any atom is 0.163 e. The van der Waals surface area contributed by atoms with Crippen molar-refractivity contribution in [2.45, 2.75) is 70.0 Å². The third-order valence-corrected chi connectivity index (χ3v) is 3.28. The van der Waals surface area contributed by atoms with E-state index in [4.69, 9.17) is 0 Å². The highest BCUT2D eigenvalue weighted by Crippen LogP contribution is 2.32. The molecular formula is C12H22O3. The molecule has 15 heavy (non-hydrogen) atoms. The molecule has 0 aromatic rings. The Morgan fingerprint density at radius 1 is 1.27 bits per heavy atom. The van der Waals surface area contributed by atoms with Crippen molar-refractivity contribution in [3.05, 3.63) is 0 Å². The van der Waals surface area contributed by atoms with Crippen LogP contribution in [0.3, 0.4) is 0 Å². The Hall–Kier alpha value is -0.410. The van der Waals surface area contributed by atoms with Crippen LogP contribution in [0.4, 0.5) is 0 Å². The summed E-state index contributed by atoms with van der Waals surface area (Å²) in [5, 5.41) is 19.6. The van der Waals surface area contributed by atoms with E-state index in [2.05, 4.69) is 0 Å². The number of aliphatic hydroxyl groups is 2. The van der Waals surface area contributed by atoms with Gasteiger partial charge in [-0.05, 0) is 33.1 Å². The third kappa shape index (κ3) is 3.92. The standard InChI is InChI=1S/C12H22O3/c1-11(2,14)10(13)6-9-12(15)7-4-3-5-8-12/h14-15H,3-9H2,1-2H3. The lowest BCUT2D eigenvalue weighted by Gasteiger charge is -2.32. The second kappa shape index (κ2) is 4.62. The number of carbonyl (C=O) groups is 1. The van der Waals surface area contributed by atoms with Gasteiger partial charge in [-0.2, -0.15) is 0 Å². The van der Waals surface area contributed by atoms with E-state index in [0.29, 0.717) is 6.42 Å². The van der Waals surface area contributed by atoms with E-state index in [1.54, 1.807) is 0 Å². The second-order valence-corrected chi connectivity index (χ2v) is 5.27. The molecule has 0 radical (unpaired) electrons. The molecule has 1 aliphatic carbocycles. The Kier molecular flexibility index (Phi) is 3.90. The first-order valence-electron chi connectivity index (χ1n) is 5.82. The fourth-order valence-corrected chi connectivity index (χ4v) is 2.11. The summed E-state index contributed by atoms with van der Waals surface area (Å²) in [6, 6.07) is 0. The summed E-state index contributed by atoms with van der Waals surface area (Å²) >= 11 is 0. The summed E-state index contributed by atoms with van der Waals surface area (Å²) in [7, 11) is 0. The van der Waals surface area contributed by atoms with Crippen molar-refractivity contribution in [2.75, 3.05) is 0 Å². The highest BCUT2D eigenvalue weighted by Gasteiger charge is 2.32. The molecule has 0 unspecified atom stereocenters. The molecule has 0 spiro atoms. The Labute approximate surface area is 91.5 Å². The molecule has 3 heteroatoms. The molecule has 0 saturated heterocycles. The van der Waals surface area contributed by atoms with Gasteiger partial charge in [0.05, 0.1) is 5.60 Å². The molecule has 0 aromatic carbocycles. The molecule has 1 saturated carbocycles. The van der Waals surface area contributed by atoms with Gasteiger partial charge in [-0.25, -0.2) is 0 Å². The highest BCUT2D eigenvalue weighted by molar-refractivity contribution is 5.86. The lowest BCUT2D eigenvalue weighted by atomic mass is 9.80. The van der Waals surface area contributed by atoms with Gasteiger partial charge in [0.2, 0.25) is 0 Å². The zero-order valence-electron chi connectivity index (χ0n) is 9.75. The van der Waals surface area contributed by atoms with Crippen LogP contribution in [-0.2, 0) is 4.79 Å². The number of hydrogen-bond donors (Lipinski definition) is 2. The smallest absolute Gasteiger partial charge is 0.163 e. The summed E-state index contributed by atoms with van der Waals surface area (Å²) in [5.41, 5.74) is -1.91. The molecule has 0 aliphatic heterocycles. The quantitative estimate of drug-likeness (QED) is 0.750. The average molecular weight is 214 g/mol. The van der Waals surface area contributed by atoms with E-state index in [1.165, 1.54) is 20.3 Å². The molecule has 0 atom stereocenters. The van der Waals surface area contributed by atoms with E-state index in [0.717, 1.165) is 25.7 Å². The first-order chi connectivity index (χ1) is 6.83. The molecule has 0 heterocycles. The number of ketones is 1. The molecule has 1 fully saturated rings. The SMILES string of the molecule is CC(C)(O)C(=O)CCC1(O)CCCCC1. The summed E-state index contributed by atoms with van der Waals surface area (Å²) in [5.74, 6) is -0.179. The van der Waals surface area contributed by atoms with Crippen LogP contribution in [0.25, 0.3) is 0 Å². The van der Waals surface area contributed by atoms with Crippen LogP contribution in [0, 0.1) is 0 Å². The zero-order valence-corrected chi connectivity index (χ0v) is 9.75. The minimum atomic E-state index is -1.26. The first kappa shape index (κ1) is 12.7. The second-order valence-electron chi connectivity index (χ2n) is 5.27. The predicted molar refractivity (Wildman–Crippen MR) is 58.6 cm³/mol. The van der Waals surface area contributed by atoms with Crippen LogP contribution in [0.5, 0.6) is 0 Å². The van der Waals surface area contributed by atoms with Gasteiger partial charge in [-0.1, -0.05) is 19.3 Å². The Morgan fingerprint density at radius 2 is 1.80 bits per heavy atom. The van der Waals surface area contributed by atoms with Gasteiger partial charge in [-0.15, -0.1) is 0 Å². The third-order valence-electron chi connectivity index (χ3n) is 3.28. The fourth-order valence-electron chi connectivity index (χ4n) is 2.11. The summed E-state index contributed by atoms with van der Waals surface area (Å²) < 4.78 is 0. The molecule has 1 aliphatic rings. The number of hydrogen-bond acceptors (Lipinski definition) is 3. The molecule has 88 valence electrons. The Morgan fingerprint density at radius 3 is 2.27 bits per heavy atom. The van der Waals surface area contributed by atoms with Gasteiger partial charge >= 0.3 is 0 Å². The first-order valence-corrected chi connectivity index (χ1v) is 5.82. The van der Waals surface area contributed by atoms with Crippen LogP contribution in [0.2, 0.25) is 0 Å². The van der Waals surface area contributed by atoms with E-state index < -0.39 is 11.2 Å². The van der Waals surface area contributed by atoms with Gasteiger partial charge in [0.1, 0.15) is 5.60 Å². The van der Waals surface area contributed by atoms with Crippen molar-refractivity contribution in [3.63, 3.8) is 0 Å². The Bertz CT molecular complexity index is 222.